The molecule has 0 aromatic carbocycles. The zero-order valence-corrected chi connectivity index (χ0v) is 13.3. The first-order valence-electron chi connectivity index (χ1n) is 8.35. The summed E-state index contributed by atoms with van der Waals surface area (Å²) in [6, 6.07) is 2.82. The second kappa shape index (κ2) is 6.60. The number of fused-ring (bicyclic) bond motifs is 1. The Labute approximate surface area is 127 Å². The number of nitrogens with one attached hydrogen (secondary N) is 1. The summed E-state index contributed by atoms with van der Waals surface area (Å²) in [5, 5.41) is 3.18. The molecule has 2 aliphatic rings. The van der Waals surface area contributed by atoms with Crippen molar-refractivity contribution in [3.63, 3.8) is 0 Å². The van der Waals surface area contributed by atoms with E-state index < -0.39 is 0 Å². The second-order valence-electron chi connectivity index (χ2n) is 6.16. The Morgan fingerprint density at radius 1 is 1.24 bits per heavy atom. The Bertz CT molecular complexity index is 476. The van der Waals surface area contributed by atoms with E-state index >= 15 is 0 Å². The largest absolute Gasteiger partial charge is 0.373 e. The minimum Gasteiger partial charge on any atom is -0.373 e. The molecule has 1 N–H and O–H groups in total. The van der Waals surface area contributed by atoms with Crippen LogP contribution in [0.4, 0.5) is 11.6 Å². The molecule has 2 saturated heterocycles. The lowest BCUT2D eigenvalue weighted by molar-refractivity contribution is 0.273. The fourth-order valence-electron chi connectivity index (χ4n) is 3.52. The molecule has 0 saturated carbocycles. The molecule has 5 nitrogen and oxygen atoms in total. The number of nitrogens with zero attached hydrogens (tertiary/aromatic N) is 4. The summed E-state index contributed by atoms with van der Waals surface area (Å²) in [4.78, 5) is 14.5. The van der Waals surface area contributed by atoms with E-state index in [4.69, 9.17) is 4.98 Å². The van der Waals surface area contributed by atoms with Crippen LogP contribution >= 0.6 is 0 Å². The first kappa shape index (κ1) is 14.6. The van der Waals surface area contributed by atoms with Crippen molar-refractivity contribution in [2.75, 3.05) is 43.4 Å². The molecule has 3 rings (SSSR count). The van der Waals surface area contributed by atoms with Gasteiger partial charge in [0, 0.05) is 45.2 Å². The van der Waals surface area contributed by atoms with Gasteiger partial charge in [0.05, 0.1) is 0 Å². The van der Waals surface area contributed by atoms with Gasteiger partial charge in [-0.1, -0.05) is 6.92 Å². The number of rotatable bonds is 4. The first-order chi connectivity index (χ1) is 10.3. The van der Waals surface area contributed by atoms with Gasteiger partial charge in [-0.2, -0.15) is 0 Å². The molecule has 5 heteroatoms. The molecule has 1 aromatic rings. The van der Waals surface area contributed by atoms with E-state index in [9.17, 15) is 0 Å². The molecule has 1 aromatic heterocycles. The maximum atomic E-state index is 4.81. The highest BCUT2D eigenvalue weighted by Gasteiger charge is 2.29. The van der Waals surface area contributed by atoms with Gasteiger partial charge < -0.3 is 10.2 Å². The quantitative estimate of drug-likeness (QED) is 0.920. The van der Waals surface area contributed by atoms with Crippen LogP contribution < -0.4 is 10.2 Å². The van der Waals surface area contributed by atoms with Crippen LogP contribution in [-0.4, -0.2) is 54.1 Å². The number of aryl methyl sites for hydroxylation is 1. The molecule has 1 atom stereocenters. The average molecular weight is 289 g/mol. The zero-order valence-electron chi connectivity index (χ0n) is 13.3. The van der Waals surface area contributed by atoms with Crippen LogP contribution in [0.3, 0.4) is 0 Å². The minimum atomic E-state index is 0.718. The highest BCUT2D eigenvalue weighted by molar-refractivity contribution is 5.49. The molecule has 21 heavy (non-hydrogen) atoms. The molecule has 0 radical (unpaired) electrons. The van der Waals surface area contributed by atoms with Crippen molar-refractivity contribution in [1.82, 2.24) is 14.9 Å². The van der Waals surface area contributed by atoms with Crippen LogP contribution in [0, 0.1) is 0 Å². The van der Waals surface area contributed by atoms with E-state index in [1.54, 1.807) is 0 Å². The molecular weight excluding hydrogens is 262 g/mol. The van der Waals surface area contributed by atoms with Crippen molar-refractivity contribution in [2.24, 2.45) is 0 Å². The number of aromatic nitrogens is 2. The second-order valence-corrected chi connectivity index (χ2v) is 6.16. The molecule has 0 amide bonds. The van der Waals surface area contributed by atoms with Gasteiger partial charge in [0.1, 0.15) is 17.5 Å². The molecule has 2 fully saturated rings. The third-order valence-electron chi connectivity index (χ3n) is 4.62. The Hall–Kier alpha value is -1.36. The van der Waals surface area contributed by atoms with Crippen molar-refractivity contribution in [1.29, 1.82) is 0 Å². The summed E-state index contributed by atoms with van der Waals surface area (Å²) in [7, 11) is 1.93. The van der Waals surface area contributed by atoms with Gasteiger partial charge in [-0.15, -0.1) is 0 Å². The summed E-state index contributed by atoms with van der Waals surface area (Å²) in [6.45, 7) is 6.93. The van der Waals surface area contributed by atoms with Crippen LogP contribution in [0.15, 0.2) is 6.07 Å². The van der Waals surface area contributed by atoms with Crippen LogP contribution in [-0.2, 0) is 6.42 Å². The summed E-state index contributed by atoms with van der Waals surface area (Å²) in [5.74, 6) is 3.01. The predicted molar refractivity (Wildman–Crippen MR) is 87.0 cm³/mol. The zero-order chi connectivity index (χ0) is 14.7. The van der Waals surface area contributed by atoms with Crippen molar-refractivity contribution < 1.29 is 0 Å². The maximum Gasteiger partial charge on any atom is 0.134 e. The number of hydrogen-bond acceptors (Lipinski definition) is 5. The highest BCUT2D eigenvalue weighted by atomic mass is 15.3. The van der Waals surface area contributed by atoms with Gasteiger partial charge in [0.15, 0.2) is 0 Å². The van der Waals surface area contributed by atoms with E-state index in [1.807, 2.05) is 7.05 Å². The van der Waals surface area contributed by atoms with Gasteiger partial charge >= 0.3 is 0 Å². The topological polar surface area (TPSA) is 44.3 Å². The molecule has 2 aliphatic heterocycles. The predicted octanol–water partition coefficient (Wildman–Crippen LogP) is 2.15. The number of anilines is 2. The lowest BCUT2D eigenvalue weighted by Crippen LogP contribution is -2.37. The maximum absolute atomic E-state index is 4.81. The smallest absolute Gasteiger partial charge is 0.134 e. The highest BCUT2D eigenvalue weighted by Crippen LogP contribution is 2.25. The fourth-order valence-corrected chi connectivity index (χ4v) is 3.52. The van der Waals surface area contributed by atoms with Crippen LogP contribution in [0.2, 0.25) is 0 Å². The normalized spacial score (nSPS) is 23.0. The summed E-state index contributed by atoms with van der Waals surface area (Å²) < 4.78 is 0. The van der Waals surface area contributed by atoms with Gasteiger partial charge in [-0.05, 0) is 32.2 Å². The average Bonchev–Trinajstić information content (AvgIpc) is 2.84. The summed E-state index contributed by atoms with van der Waals surface area (Å²) in [5.41, 5.74) is 0. The Morgan fingerprint density at radius 2 is 2.10 bits per heavy atom. The Balaban J connectivity index is 1.82. The molecule has 3 heterocycles. The van der Waals surface area contributed by atoms with E-state index in [0.717, 1.165) is 49.4 Å². The van der Waals surface area contributed by atoms with E-state index in [-0.39, 0.29) is 0 Å². The third-order valence-corrected chi connectivity index (χ3v) is 4.62. The van der Waals surface area contributed by atoms with E-state index in [1.165, 1.54) is 32.4 Å². The van der Waals surface area contributed by atoms with Crippen LogP contribution in [0.25, 0.3) is 0 Å². The van der Waals surface area contributed by atoms with Gasteiger partial charge in [-0.25, -0.2) is 9.97 Å². The van der Waals surface area contributed by atoms with Crippen molar-refractivity contribution in [3.05, 3.63) is 11.9 Å². The van der Waals surface area contributed by atoms with Crippen LogP contribution in [0.1, 0.15) is 38.4 Å². The molecule has 0 spiro atoms. The standard InChI is InChI=1S/C16H27N5/c1-3-6-14-18-15(17-2)11-16(19-14)21-10-5-9-20-8-4-7-13(20)12-21/h11,13H,3-10,12H2,1-2H3,(H,17,18,19). The van der Waals surface area contributed by atoms with Gasteiger partial charge in [0.25, 0.3) is 0 Å². The van der Waals surface area contributed by atoms with Gasteiger partial charge in [0.2, 0.25) is 0 Å². The van der Waals surface area contributed by atoms with Crippen molar-refractivity contribution in [2.45, 2.75) is 45.1 Å². The van der Waals surface area contributed by atoms with Gasteiger partial charge in [-0.3, -0.25) is 4.90 Å². The van der Waals surface area contributed by atoms with Crippen molar-refractivity contribution in [3.8, 4) is 0 Å². The van der Waals surface area contributed by atoms with Crippen molar-refractivity contribution >= 4 is 11.6 Å². The van der Waals surface area contributed by atoms with E-state index in [2.05, 4.69) is 33.1 Å². The number of hydrogen-bond donors (Lipinski definition) is 1. The summed E-state index contributed by atoms with van der Waals surface area (Å²) in [6.07, 6.45) is 5.96. The fraction of sp³-hybridized carbons (Fsp3) is 0.750. The molecule has 0 bridgehead atoms. The molecular formula is C16H27N5. The third kappa shape index (κ3) is 3.28. The molecule has 1 unspecified atom stereocenters. The Kier molecular flexibility index (Phi) is 4.58. The summed E-state index contributed by atoms with van der Waals surface area (Å²) >= 11 is 0. The SMILES string of the molecule is CCCc1nc(NC)cc(N2CCCN3CCCC3C2)n1. The first-order valence-corrected chi connectivity index (χ1v) is 8.35. The molecule has 116 valence electrons. The van der Waals surface area contributed by atoms with Crippen LogP contribution in [0.5, 0.6) is 0 Å². The lowest BCUT2D eigenvalue weighted by atomic mass is 10.2. The monoisotopic (exact) mass is 289 g/mol. The Morgan fingerprint density at radius 3 is 2.90 bits per heavy atom. The molecule has 0 aliphatic carbocycles. The lowest BCUT2D eigenvalue weighted by Gasteiger charge is -2.27. The minimum absolute atomic E-state index is 0.718. The van der Waals surface area contributed by atoms with E-state index in [0.29, 0.717) is 0 Å².